The van der Waals surface area contributed by atoms with Crippen LogP contribution in [0, 0.1) is 5.92 Å². The molecule has 1 amide bonds. The number of hydrogen-bond donors (Lipinski definition) is 0. The Hall–Kier alpha value is -1.49. The minimum Gasteiger partial charge on any atom is -0.466 e. The number of aryl methyl sites for hydroxylation is 1. The Morgan fingerprint density at radius 3 is 2.86 bits per heavy atom. The van der Waals surface area contributed by atoms with Gasteiger partial charge in [0.2, 0.25) is 0 Å². The average Bonchev–Trinajstić information content (AvgIpc) is 2.88. The number of ether oxygens (including phenoxy) is 1. The third kappa shape index (κ3) is 3.59. The van der Waals surface area contributed by atoms with Crippen molar-refractivity contribution >= 4 is 23.5 Å². The number of carbonyl (C=O) groups is 2. The lowest BCUT2D eigenvalue weighted by Gasteiger charge is -2.31. The van der Waals surface area contributed by atoms with Crippen LogP contribution in [0.4, 0.5) is 0 Å². The molecule has 0 bridgehead atoms. The molecule has 116 valence electrons. The first-order valence-corrected chi connectivity index (χ1v) is 7.76. The van der Waals surface area contributed by atoms with E-state index in [1.165, 1.54) is 0 Å². The van der Waals surface area contributed by atoms with Crippen molar-refractivity contribution in [1.29, 1.82) is 0 Å². The molecule has 6 heteroatoms. The van der Waals surface area contributed by atoms with Gasteiger partial charge in [-0.25, -0.2) is 0 Å². The van der Waals surface area contributed by atoms with Crippen molar-refractivity contribution in [2.75, 3.05) is 19.7 Å². The van der Waals surface area contributed by atoms with Crippen molar-refractivity contribution in [2.45, 2.75) is 33.2 Å². The van der Waals surface area contributed by atoms with Gasteiger partial charge in [-0.05, 0) is 32.8 Å². The molecule has 5 nitrogen and oxygen atoms in total. The lowest BCUT2D eigenvalue weighted by atomic mass is 9.98. The lowest BCUT2D eigenvalue weighted by molar-refractivity contribution is -0.149. The number of piperidine rings is 1. The van der Waals surface area contributed by atoms with E-state index in [1.807, 2.05) is 11.5 Å². The molecular weight excluding hydrogens is 292 g/mol. The Bertz CT molecular complexity index is 527. The quantitative estimate of drug-likeness (QED) is 0.803. The Morgan fingerprint density at radius 1 is 1.43 bits per heavy atom. The number of esters is 1. The van der Waals surface area contributed by atoms with Gasteiger partial charge in [0.25, 0.3) is 5.91 Å². The van der Waals surface area contributed by atoms with E-state index in [1.54, 1.807) is 24.1 Å². The topological polar surface area (TPSA) is 51.5 Å². The second-order valence-electron chi connectivity index (χ2n) is 5.17. The number of rotatable bonds is 4. The number of amides is 1. The first kappa shape index (κ1) is 15.9. The van der Waals surface area contributed by atoms with Crippen molar-refractivity contribution < 1.29 is 14.3 Å². The highest BCUT2D eigenvalue weighted by molar-refractivity contribution is 6.31. The van der Waals surface area contributed by atoms with E-state index in [0.717, 1.165) is 12.8 Å². The molecule has 0 spiro atoms. The van der Waals surface area contributed by atoms with Crippen molar-refractivity contribution in [3.05, 3.63) is 23.0 Å². The first-order valence-electron chi connectivity index (χ1n) is 7.38. The second-order valence-corrected chi connectivity index (χ2v) is 5.61. The van der Waals surface area contributed by atoms with E-state index in [4.69, 9.17) is 16.3 Å². The molecular formula is C15H21ClN2O3. The third-order valence-electron chi connectivity index (χ3n) is 3.75. The molecule has 21 heavy (non-hydrogen) atoms. The van der Waals surface area contributed by atoms with Crippen LogP contribution in [0.2, 0.25) is 5.02 Å². The van der Waals surface area contributed by atoms with Gasteiger partial charge < -0.3 is 14.2 Å². The van der Waals surface area contributed by atoms with Gasteiger partial charge in [-0.2, -0.15) is 0 Å². The summed E-state index contributed by atoms with van der Waals surface area (Å²) in [5.41, 5.74) is 0.576. The van der Waals surface area contributed by atoms with Crippen LogP contribution in [0.5, 0.6) is 0 Å². The summed E-state index contributed by atoms with van der Waals surface area (Å²) in [6, 6.07) is 1.68. The molecule has 0 saturated carbocycles. The van der Waals surface area contributed by atoms with Crippen LogP contribution in [0.1, 0.15) is 37.2 Å². The van der Waals surface area contributed by atoms with Gasteiger partial charge in [-0.3, -0.25) is 9.59 Å². The maximum absolute atomic E-state index is 12.6. The van der Waals surface area contributed by atoms with Gasteiger partial charge in [0.15, 0.2) is 0 Å². The molecule has 1 aliphatic rings. The summed E-state index contributed by atoms with van der Waals surface area (Å²) in [7, 11) is 0. The molecule has 1 aromatic heterocycles. The monoisotopic (exact) mass is 312 g/mol. The molecule has 2 rings (SSSR count). The van der Waals surface area contributed by atoms with E-state index in [9.17, 15) is 9.59 Å². The normalized spacial score (nSPS) is 18.6. The van der Waals surface area contributed by atoms with Crippen LogP contribution in [-0.4, -0.2) is 41.0 Å². The van der Waals surface area contributed by atoms with Crippen molar-refractivity contribution in [3.8, 4) is 0 Å². The minimum absolute atomic E-state index is 0.0715. The minimum atomic E-state index is -0.219. The smallest absolute Gasteiger partial charge is 0.310 e. The van der Waals surface area contributed by atoms with Crippen molar-refractivity contribution in [2.24, 2.45) is 5.92 Å². The fraction of sp³-hybridized carbons (Fsp3) is 0.600. The summed E-state index contributed by atoms with van der Waals surface area (Å²) in [6.45, 7) is 5.90. The van der Waals surface area contributed by atoms with E-state index < -0.39 is 0 Å². The number of halogens is 1. The summed E-state index contributed by atoms with van der Waals surface area (Å²) in [6.07, 6.45) is 3.34. The molecule has 0 unspecified atom stereocenters. The predicted molar refractivity (Wildman–Crippen MR) is 80.4 cm³/mol. The Labute approximate surface area is 129 Å². The molecule has 1 atom stereocenters. The molecule has 1 aliphatic heterocycles. The maximum Gasteiger partial charge on any atom is 0.310 e. The number of aromatic nitrogens is 1. The van der Waals surface area contributed by atoms with Gasteiger partial charge in [0.1, 0.15) is 5.69 Å². The molecule has 0 aliphatic carbocycles. The highest BCUT2D eigenvalue weighted by Gasteiger charge is 2.30. The van der Waals surface area contributed by atoms with Gasteiger partial charge >= 0.3 is 5.97 Å². The van der Waals surface area contributed by atoms with E-state index >= 15 is 0 Å². The lowest BCUT2D eigenvalue weighted by Crippen LogP contribution is -2.43. The maximum atomic E-state index is 12.6. The third-order valence-corrected chi connectivity index (χ3v) is 3.96. The van der Waals surface area contributed by atoms with Gasteiger partial charge in [0, 0.05) is 25.8 Å². The SMILES string of the molecule is CCOC(=O)[C@H]1CCCN(C(=O)c2cc(Cl)cn2CC)C1. The summed E-state index contributed by atoms with van der Waals surface area (Å²) < 4.78 is 6.89. The summed E-state index contributed by atoms with van der Waals surface area (Å²) in [4.78, 5) is 26.2. The van der Waals surface area contributed by atoms with Crippen LogP contribution >= 0.6 is 11.6 Å². The van der Waals surface area contributed by atoms with Crippen molar-refractivity contribution in [3.63, 3.8) is 0 Å². The van der Waals surface area contributed by atoms with Crippen LogP contribution in [0.3, 0.4) is 0 Å². The van der Waals surface area contributed by atoms with Gasteiger partial charge in [0.05, 0.1) is 17.5 Å². The Kier molecular flexibility index (Phi) is 5.28. The molecule has 1 saturated heterocycles. The average molecular weight is 313 g/mol. The fourth-order valence-electron chi connectivity index (χ4n) is 2.69. The number of carbonyl (C=O) groups excluding carboxylic acids is 2. The van der Waals surface area contributed by atoms with Gasteiger partial charge in [-0.1, -0.05) is 11.6 Å². The number of nitrogens with zero attached hydrogens (tertiary/aromatic N) is 2. The highest BCUT2D eigenvalue weighted by Crippen LogP contribution is 2.22. The summed E-state index contributed by atoms with van der Waals surface area (Å²) in [5, 5.41) is 0.555. The van der Waals surface area contributed by atoms with Crippen molar-refractivity contribution in [1.82, 2.24) is 9.47 Å². The Morgan fingerprint density at radius 2 is 2.19 bits per heavy atom. The number of likely N-dealkylation sites (tertiary alicyclic amines) is 1. The highest BCUT2D eigenvalue weighted by atomic mass is 35.5. The zero-order chi connectivity index (χ0) is 15.4. The zero-order valence-electron chi connectivity index (χ0n) is 12.5. The second kappa shape index (κ2) is 6.98. The molecule has 0 aromatic carbocycles. The Balaban J connectivity index is 2.10. The predicted octanol–water partition coefficient (Wildman–Crippen LogP) is 2.58. The van der Waals surface area contributed by atoms with Crippen LogP contribution in [0.25, 0.3) is 0 Å². The van der Waals surface area contributed by atoms with Gasteiger partial charge in [-0.15, -0.1) is 0 Å². The van der Waals surface area contributed by atoms with E-state index in [0.29, 0.717) is 37.0 Å². The van der Waals surface area contributed by atoms with Crippen LogP contribution < -0.4 is 0 Å². The molecule has 0 N–H and O–H groups in total. The van der Waals surface area contributed by atoms with Crippen LogP contribution in [0.15, 0.2) is 12.3 Å². The molecule has 1 fully saturated rings. The zero-order valence-corrected chi connectivity index (χ0v) is 13.2. The largest absolute Gasteiger partial charge is 0.466 e. The molecule has 0 radical (unpaired) electrons. The number of hydrogen-bond acceptors (Lipinski definition) is 3. The molecule has 1 aromatic rings. The van der Waals surface area contributed by atoms with E-state index in [-0.39, 0.29) is 17.8 Å². The summed E-state index contributed by atoms with van der Waals surface area (Å²) in [5.74, 6) is -0.500. The molecule has 2 heterocycles. The van der Waals surface area contributed by atoms with Crippen LogP contribution in [-0.2, 0) is 16.1 Å². The van der Waals surface area contributed by atoms with E-state index in [2.05, 4.69) is 0 Å². The standard InChI is InChI=1S/C15H21ClN2O3/c1-3-17-10-12(16)8-13(17)14(19)18-7-5-6-11(9-18)15(20)21-4-2/h8,10-11H,3-7,9H2,1-2H3/t11-/m0/s1. The first-order chi connectivity index (χ1) is 10.1. The summed E-state index contributed by atoms with van der Waals surface area (Å²) >= 11 is 5.98. The fourth-order valence-corrected chi connectivity index (χ4v) is 2.91.